The number of aromatic nitrogens is 1. The first-order chi connectivity index (χ1) is 20.9. The van der Waals surface area contributed by atoms with Crippen molar-refractivity contribution in [3.05, 3.63) is 115 Å². The lowest BCUT2D eigenvalue weighted by Crippen LogP contribution is -2.60. The molecule has 4 aromatic rings. The van der Waals surface area contributed by atoms with Crippen molar-refractivity contribution in [1.29, 1.82) is 0 Å². The number of carbonyl (C=O) groups excluding carboxylic acids is 1. The number of benzene rings is 3. The molecule has 0 saturated carbocycles. The number of anilines is 2. The number of carbonyl (C=O) groups is 2. The van der Waals surface area contributed by atoms with Gasteiger partial charge in [-0.2, -0.15) is 0 Å². The molecule has 3 heterocycles. The van der Waals surface area contributed by atoms with Crippen LogP contribution in [0.2, 0.25) is 0 Å². The van der Waals surface area contributed by atoms with E-state index in [1.807, 2.05) is 94.7 Å². The number of amides is 1. The van der Waals surface area contributed by atoms with Gasteiger partial charge in [0.1, 0.15) is 18.9 Å². The van der Waals surface area contributed by atoms with Crippen LogP contribution in [0.15, 0.2) is 103 Å². The van der Waals surface area contributed by atoms with Gasteiger partial charge in [-0.25, -0.2) is 0 Å². The number of nitrogens with zero attached hydrogens (tertiary/aromatic N) is 3. The molecule has 1 saturated heterocycles. The molecule has 9 nitrogen and oxygen atoms in total. The van der Waals surface area contributed by atoms with Gasteiger partial charge in [-0.05, 0) is 66.4 Å². The smallest absolute Gasteiger partial charge is 0.322 e. The van der Waals surface area contributed by atoms with Crippen molar-refractivity contribution in [2.75, 3.05) is 18.0 Å². The standard InChI is InChI=1S/C34H34N4O5/c39-30(40)21-36-32(42)31(41)29-20-34(17-19-37(29)22-25-10-6-7-18-35-25)27-11-4-5-12-28(27)38(33(34)43)26-15-13-24(14-16-26)23-8-2-1-3-9-23/h1-16,18,29,31,33,41,43H,17,19-22H2,(H,36,42)(H,39,40). The van der Waals surface area contributed by atoms with Gasteiger partial charge in [0, 0.05) is 35.6 Å². The molecule has 0 bridgehead atoms. The molecule has 9 heteroatoms. The SMILES string of the molecule is O=C(O)CNC(=O)C(O)C1CC2(CCN1Cc1ccccn1)c1ccccc1N(c1ccc(-c3ccccc3)cc1)C2O. The van der Waals surface area contributed by atoms with Gasteiger partial charge in [0.25, 0.3) is 5.91 Å². The third-order valence-corrected chi connectivity index (χ3v) is 8.72. The van der Waals surface area contributed by atoms with Crippen LogP contribution < -0.4 is 10.2 Å². The Hall–Kier alpha value is -4.57. The molecule has 4 N–H and O–H groups in total. The molecule has 1 amide bonds. The van der Waals surface area contributed by atoms with Crippen molar-refractivity contribution in [2.45, 2.75) is 43.2 Å². The summed E-state index contributed by atoms with van der Waals surface area (Å²) < 4.78 is 0. The minimum absolute atomic E-state index is 0.276. The highest BCUT2D eigenvalue weighted by atomic mass is 16.4. The number of aliphatic hydroxyl groups is 2. The largest absolute Gasteiger partial charge is 0.480 e. The molecule has 2 aliphatic rings. The van der Waals surface area contributed by atoms with Crippen LogP contribution >= 0.6 is 0 Å². The van der Waals surface area contributed by atoms with Crippen LogP contribution in [-0.4, -0.2) is 68.5 Å². The quantitative estimate of drug-likeness (QED) is 0.250. The fraction of sp³-hybridized carbons (Fsp3) is 0.265. The first-order valence-electron chi connectivity index (χ1n) is 14.4. The third-order valence-electron chi connectivity index (χ3n) is 8.72. The van der Waals surface area contributed by atoms with Crippen molar-refractivity contribution in [3.8, 4) is 11.1 Å². The number of fused-ring (bicyclic) bond motifs is 2. The number of carboxylic acids is 1. The number of pyridine rings is 1. The zero-order valence-corrected chi connectivity index (χ0v) is 23.6. The summed E-state index contributed by atoms with van der Waals surface area (Å²) in [6, 6.07) is 31.0. The second-order valence-electron chi connectivity index (χ2n) is 11.2. The van der Waals surface area contributed by atoms with Gasteiger partial charge in [-0.15, -0.1) is 0 Å². The van der Waals surface area contributed by atoms with E-state index < -0.39 is 42.2 Å². The Kier molecular flexibility index (Phi) is 7.94. The van der Waals surface area contributed by atoms with Gasteiger partial charge in [-0.3, -0.25) is 19.5 Å². The van der Waals surface area contributed by atoms with Crippen molar-refractivity contribution in [1.82, 2.24) is 15.2 Å². The van der Waals surface area contributed by atoms with Gasteiger partial charge in [0.2, 0.25) is 0 Å². The molecule has 4 unspecified atom stereocenters. The lowest BCUT2D eigenvalue weighted by Gasteiger charge is -2.48. The molecular formula is C34H34N4O5. The topological polar surface area (TPSA) is 126 Å². The van der Waals surface area contributed by atoms with E-state index in [2.05, 4.69) is 22.4 Å². The Morgan fingerprint density at radius 1 is 0.930 bits per heavy atom. The Bertz CT molecular complexity index is 1580. The van der Waals surface area contributed by atoms with E-state index in [0.29, 0.717) is 19.5 Å². The molecule has 43 heavy (non-hydrogen) atoms. The Balaban J connectivity index is 1.34. The van der Waals surface area contributed by atoms with Crippen LogP contribution in [0.4, 0.5) is 11.4 Å². The zero-order chi connectivity index (χ0) is 30.0. The predicted octanol–water partition coefficient (Wildman–Crippen LogP) is 3.68. The Labute approximate surface area is 250 Å². The summed E-state index contributed by atoms with van der Waals surface area (Å²) in [7, 11) is 0. The molecule has 0 radical (unpaired) electrons. The van der Waals surface area contributed by atoms with E-state index >= 15 is 0 Å². The Morgan fingerprint density at radius 3 is 2.35 bits per heavy atom. The molecule has 3 aromatic carbocycles. The fourth-order valence-corrected chi connectivity index (χ4v) is 6.59. The number of para-hydroxylation sites is 1. The maximum atomic E-state index is 13.0. The maximum absolute atomic E-state index is 13.0. The number of rotatable bonds is 8. The summed E-state index contributed by atoms with van der Waals surface area (Å²) in [6.07, 6.45) is 0.0819. The second kappa shape index (κ2) is 12.0. The summed E-state index contributed by atoms with van der Waals surface area (Å²) in [5.74, 6) is -1.95. The normalized spacial score (nSPS) is 22.2. The van der Waals surface area contributed by atoms with Crippen LogP contribution in [0, 0.1) is 0 Å². The molecule has 6 rings (SSSR count). The van der Waals surface area contributed by atoms with Crippen molar-refractivity contribution in [3.63, 3.8) is 0 Å². The highest BCUT2D eigenvalue weighted by Gasteiger charge is 2.55. The highest BCUT2D eigenvalue weighted by molar-refractivity contribution is 5.85. The number of aliphatic hydroxyl groups excluding tert-OH is 2. The van der Waals surface area contributed by atoms with Crippen molar-refractivity contribution < 1.29 is 24.9 Å². The molecule has 1 aromatic heterocycles. The zero-order valence-electron chi connectivity index (χ0n) is 23.6. The first kappa shape index (κ1) is 28.5. The van der Waals surface area contributed by atoms with Gasteiger partial charge >= 0.3 is 5.97 Å². The molecule has 4 atom stereocenters. The van der Waals surface area contributed by atoms with E-state index in [9.17, 15) is 19.8 Å². The van der Waals surface area contributed by atoms with E-state index in [-0.39, 0.29) is 6.42 Å². The number of piperidine rings is 1. The molecule has 2 aliphatic heterocycles. The average molecular weight is 579 g/mol. The van der Waals surface area contributed by atoms with Gasteiger partial charge in [0.15, 0.2) is 0 Å². The number of hydrogen-bond acceptors (Lipinski definition) is 7. The monoisotopic (exact) mass is 578 g/mol. The van der Waals surface area contributed by atoms with Crippen LogP contribution in [0.3, 0.4) is 0 Å². The lowest BCUT2D eigenvalue weighted by atomic mass is 9.69. The summed E-state index contributed by atoms with van der Waals surface area (Å²) in [6.45, 7) is 0.288. The number of carboxylic acid groups (broad SMARTS) is 1. The number of likely N-dealkylation sites (tertiary alicyclic amines) is 1. The average Bonchev–Trinajstić information content (AvgIpc) is 3.28. The van der Waals surface area contributed by atoms with E-state index in [4.69, 9.17) is 5.11 Å². The molecular weight excluding hydrogens is 544 g/mol. The van der Waals surface area contributed by atoms with Crippen LogP contribution in [-0.2, 0) is 21.5 Å². The summed E-state index contributed by atoms with van der Waals surface area (Å²) >= 11 is 0. The molecule has 0 aliphatic carbocycles. The summed E-state index contributed by atoms with van der Waals surface area (Å²) in [5.41, 5.74) is 4.84. The van der Waals surface area contributed by atoms with Crippen molar-refractivity contribution >= 4 is 23.3 Å². The minimum atomic E-state index is -1.51. The molecule has 1 spiro atoms. The lowest BCUT2D eigenvalue weighted by molar-refractivity contribution is -0.142. The van der Waals surface area contributed by atoms with Gasteiger partial charge in [-0.1, -0.05) is 66.7 Å². The highest BCUT2D eigenvalue weighted by Crippen LogP contribution is 2.54. The summed E-state index contributed by atoms with van der Waals surface area (Å²) in [4.78, 5) is 32.5. The van der Waals surface area contributed by atoms with E-state index in [0.717, 1.165) is 33.8 Å². The van der Waals surface area contributed by atoms with Gasteiger partial charge < -0.3 is 25.5 Å². The number of aliphatic carboxylic acids is 1. The van der Waals surface area contributed by atoms with Crippen LogP contribution in [0.1, 0.15) is 24.1 Å². The van der Waals surface area contributed by atoms with Crippen LogP contribution in [0.25, 0.3) is 11.1 Å². The third kappa shape index (κ3) is 5.50. The van der Waals surface area contributed by atoms with E-state index in [1.165, 1.54) is 0 Å². The summed E-state index contributed by atoms with van der Waals surface area (Å²) in [5, 5.41) is 34.9. The Morgan fingerprint density at radius 2 is 1.63 bits per heavy atom. The minimum Gasteiger partial charge on any atom is -0.480 e. The van der Waals surface area contributed by atoms with Crippen molar-refractivity contribution in [2.24, 2.45) is 0 Å². The van der Waals surface area contributed by atoms with Gasteiger partial charge in [0.05, 0.1) is 5.69 Å². The predicted molar refractivity (Wildman–Crippen MR) is 162 cm³/mol. The maximum Gasteiger partial charge on any atom is 0.322 e. The number of hydrogen-bond donors (Lipinski definition) is 4. The molecule has 1 fully saturated rings. The van der Waals surface area contributed by atoms with Crippen LogP contribution in [0.5, 0.6) is 0 Å². The first-order valence-corrected chi connectivity index (χ1v) is 14.4. The fourth-order valence-electron chi connectivity index (χ4n) is 6.59. The van der Waals surface area contributed by atoms with E-state index in [1.54, 1.807) is 6.20 Å². The second-order valence-corrected chi connectivity index (χ2v) is 11.2. The number of nitrogens with one attached hydrogen (secondary N) is 1. The molecule has 220 valence electrons.